The van der Waals surface area contributed by atoms with E-state index in [0.717, 1.165) is 5.39 Å². The molecule has 92 valence electrons. The zero-order valence-electron chi connectivity index (χ0n) is 9.61. The zero-order chi connectivity index (χ0) is 13.1. The molecule has 0 saturated carbocycles. The molecule has 0 aliphatic rings. The molecule has 0 fully saturated rings. The Labute approximate surface area is 110 Å². The fraction of sp³-hybridized carbons (Fsp3) is 0.0714. The number of amides is 1. The van der Waals surface area contributed by atoms with Crippen LogP contribution in [0.25, 0.3) is 10.8 Å². The summed E-state index contributed by atoms with van der Waals surface area (Å²) in [6.07, 6.45) is 0. The van der Waals surface area contributed by atoms with E-state index in [9.17, 15) is 9.90 Å². The second kappa shape index (κ2) is 5.10. The molecule has 0 aliphatic carbocycles. The summed E-state index contributed by atoms with van der Waals surface area (Å²) in [6.45, 7) is 3.65. The minimum atomic E-state index is -0.375. The molecule has 2 aromatic carbocycles. The molecule has 0 aromatic heterocycles. The molecule has 2 aromatic rings. The van der Waals surface area contributed by atoms with E-state index in [1.54, 1.807) is 18.2 Å². The summed E-state index contributed by atoms with van der Waals surface area (Å²) in [5.41, 5.74) is 0.228. The van der Waals surface area contributed by atoms with Gasteiger partial charge in [0.15, 0.2) is 0 Å². The number of benzene rings is 2. The third kappa shape index (κ3) is 2.46. The molecule has 4 heteroatoms. The summed E-state index contributed by atoms with van der Waals surface area (Å²) in [4.78, 5) is 11.8. The van der Waals surface area contributed by atoms with Gasteiger partial charge in [-0.05, 0) is 11.5 Å². The van der Waals surface area contributed by atoms with Crippen LogP contribution < -0.4 is 5.32 Å². The minimum Gasteiger partial charge on any atom is -0.506 e. The van der Waals surface area contributed by atoms with Crippen molar-refractivity contribution in [2.75, 3.05) is 6.54 Å². The van der Waals surface area contributed by atoms with E-state index < -0.39 is 0 Å². The molecule has 3 nitrogen and oxygen atoms in total. The summed E-state index contributed by atoms with van der Waals surface area (Å²) in [6, 6.07) is 10.7. The van der Waals surface area contributed by atoms with Crippen molar-refractivity contribution in [2.45, 2.75) is 0 Å². The highest BCUT2D eigenvalue weighted by Gasteiger charge is 2.13. The highest BCUT2D eigenvalue weighted by Crippen LogP contribution is 2.28. The standard InChI is InChI=1S/C14H12ClNO2/c1-9(15)8-16-14(18)12-7-6-10-4-2-3-5-11(10)13(12)17/h2-7,17H,1,8H2,(H,16,18). The second-order valence-electron chi connectivity index (χ2n) is 3.88. The Bertz CT molecular complexity index is 622. The average molecular weight is 262 g/mol. The maximum Gasteiger partial charge on any atom is 0.255 e. The Morgan fingerprint density at radius 2 is 2.00 bits per heavy atom. The van der Waals surface area contributed by atoms with E-state index >= 15 is 0 Å². The number of carbonyl (C=O) groups excluding carboxylic acids is 1. The molecule has 18 heavy (non-hydrogen) atoms. The van der Waals surface area contributed by atoms with Crippen LogP contribution in [0.1, 0.15) is 10.4 Å². The summed E-state index contributed by atoms with van der Waals surface area (Å²) in [7, 11) is 0. The van der Waals surface area contributed by atoms with E-state index in [2.05, 4.69) is 11.9 Å². The van der Waals surface area contributed by atoms with E-state index in [1.807, 2.05) is 18.2 Å². The lowest BCUT2D eigenvalue weighted by Gasteiger charge is -2.08. The number of phenolic OH excluding ortho intramolecular Hbond substituents is 1. The number of fused-ring (bicyclic) bond motifs is 1. The van der Waals surface area contributed by atoms with Crippen LogP contribution in [-0.2, 0) is 0 Å². The topological polar surface area (TPSA) is 49.3 Å². The van der Waals surface area contributed by atoms with Crippen molar-refractivity contribution >= 4 is 28.3 Å². The molecule has 0 radical (unpaired) electrons. The number of rotatable bonds is 3. The number of hydrogen-bond donors (Lipinski definition) is 2. The first kappa shape index (κ1) is 12.5. The van der Waals surface area contributed by atoms with Crippen molar-refractivity contribution in [1.82, 2.24) is 5.32 Å². The third-order valence-electron chi connectivity index (χ3n) is 2.59. The van der Waals surface area contributed by atoms with Gasteiger partial charge in [0, 0.05) is 10.4 Å². The lowest BCUT2D eigenvalue weighted by molar-refractivity contribution is 0.0955. The van der Waals surface area contributed by atoms with Gasteiger partial charge < -0.3 is 10.4 Å². The van der Waals surface area contributed by atoms with Gasteiger partial charge in [-0.3, -0.25) is 4.79 Å². The molecule has 0 heterocycles. The van der Waals surface area contributed by atoms with Gasteiger partial charge in [-0.1, -0.05) is 48.5 Å². The van der Waals surface area contributed by atoms with E-state index in [1.165, 1.54) is 0 Å². The largest absolute Gasteiger partial charge is 0.506 e. The first-order valence-electron chi connectivity index (χ1n) is 5.42. The van der Waals surface area contributed by atoms with Gasteiger partial charge in [0.25, 0.3) is 5.91 Å². The van der Waals surface area contributed by atoms with Crippen LogP contribution in [0.2, 0.25) is 0 Å². The maximum absolute atomic E-state index is 11.8. The molecule has 1 amide bonds. The molecule has 0 unspecified atom stereocenters. The Morgan fingerprint density at radius 1 is 1.28 bits per heavy atom. The van der Waals surface area contributed by atoms with Gasteiger partial charge in [-0.2, -0.15) is 0 Å². The SMILES string of the molecule is C=C(Cl)CNC(=O)c1ccc2ccccc2c1O. The van der Waals surface area contributed by atoms with Crippen LogP contribution >= 0.6 is 11.6 Å². The van der Waals surface area contributed by atoms with Crippen molar-refractivity contribution in [1.29, 1.82) is 0 Å². The lowest BCUT2D eigenvalue weighted by atomic mass is 10.0. The van der Waals surface area contributed by atoms with Gasteiger partial charge in [0.2, 0.25) is 0 Å². The van der Waals surface area contributed by atoms with Crippen LogP contribution in [-0.4, -0.2) is 17.6 Å². The average Bonchev–Trinajstić information content (AvgIpc) is 2.37. The van der Waals surface area contributed by atoms with Gasteiger partial charge in [0.1, 0.15) is 5.75 Å². The zero-order valence-corrected chi connectivity index (χ0v) is 10.4. The van der Waals surface area contributed by atoms with Gasteiger partial charge in [-0.15, -0.1) is 0 Å². The number of nitrogens with one attached hydrogen (secondary N) is 1. The van der Waals surface area contributed by atoms with Gasteiger partial charge in [0.05, 0.1) is 12.1 Å². The Balaban J connectivity index is 2.37. The molecule has 2 rings (SSSR count). The van der Waals surface area contributed by atoms with E-state index in [4.69, 9.17) is 11.6 Å². The number of carbonyl (C=O) groups is 1. The highest BCUT2D eigenvalue weighted by atomic mass is 35.5. The second-order valence-corrected chi connectivity index (χ2v) is 4.42. The van der Waals surface area contributed by atoms with Crippen LogP contribution in [0.5, 0.6) is 5.75 Å². The lowest BCUT2D eigenvalue weighted by Crippen LogP contribution is -2.24. The highest BCUT2D eigenvalue weighted by molar-refractivity contribution is 6.29. The van der Waals surface area contributed by atoms with Crippen molar-refractivity contribution in [3.05, 3.63) is 53.6 Å². The van der Waals surface area contributed by atoms with Gasteiger partial charge >= 0.3 is 0 Å². The third-order valence-corrected chi connectivity index (χ3v) is 2.72. The monoisotopic (exact) mass is 261 g/mol. The first-order chi connectivity index (χ1) is 8.59. The summed E-state index contributed by atoms with van der Waals surface area (Å²) in [5.74, 6) is -0.397. The van der Waals surface area contributed by atoms with Crippen LogP contribution in [0, 0.1) is 0 Å². The summed E-state index contributed by atoms with van der Waals surface area (Å²) >= 11 is 5.57. The van der Waals surface area contributed by atoms with E-state index in [-0.39, 0.29) is 23.8 Å². The van der Waals surface area contributed by atoms with Crippen LogP contribution in [0.3, 0.4) is 0 Å². The van der Waals surface area contributed by atoms with E-state index in [0.29, 0.717) is 10.4 Å². The molecular weight excluding hydrogens is 250 g/mol. The predicted molar refractivity (Wildman–Crippen MR) is 72.9 cm³/mol. The minimum absolute atomic E-state index is 0.0224. The number of hydrogen-bond acceptors (Lipinski definition) is 2. The van der Waals surface area contributed by atoms with Crippen molar-refractivity contribution < 1.29 is 9.90 Å². The van der Waals surface area contributed by atoms with Crippen LogP contribution in [0.15, 0.2) is 48.0 Å². The first-order valence-corrected chi connectivity index (χ1v) is 5.79. The Hall–Kier alpha value is -2.00. The summed E-state index contributed by atoms with van der Waals surface area (Å²) in [5, 5.41) is 14.5. The van der Waals surface area contributed by atoms with Crippen molar-refractivity contribution in [3.8, 4) is 5.75 Å². The molecule has 0 bridgehead atoms. The Kier molecular flexibility index (Phi) is 3.53. The van der Waals surface area contributed by atoms with Gasteiger partial charge in [-0.25, -0.2) is 0 Å². The molecule has 0 spiro atoms. The van der Waals surface area contributed by atoms with Crippen molar-refractivity contribution in [3.63, 3.8) is 0 Å². The molecule has 2 N–H and O–H groups in total. The van der Waals surface area contributed by atoms with Crippen LogP contribution in [0.4, 0.5) is 0 Å². The smallest absolute Gasteiger partial charge is 0.255 e. The number of halogens is 1. The fourth-order valence-electron chi connectivity index (χ4n) is 1.71. The number of aromatic hydroxyl groups is 1. The molecule has 0 aliphatic heterocycles. The normalized spacial score (nSPS) is 10.3. The maximum atomic E-state index is 11.8. The molecule has 0 saturated heterocycles. The summed E-state index contributed by atoms with van der Waals surface area (Å²) < 4.78 is 0. The van der Waals surface area contributed by atoms with Crippen molar-refractivity contribution in [2.24, 2.45) is 0 Å². The molecule has 0 atom stereocenters. The molecular formula is C14H12ClNO2. The fourth-order valence-corrected chi connectivity index (χ4v) is 1.78. The quantitative estimate of drug-likeness (QED) is 0.892. The Morgan fingerprint density at radius 3 is 2.72 bits per heavy atom. The number of phenols is 1. The predicted octanol–water partition coefficient (Wildman–Crippen LogP) is 3.03.